The number of amides is 1. The minimum absolute atomic E-state index is 0.00550. The lowest BCUT2D eigenvalue weighted by Gasteiger charge is -2.16. The Bertz CT molecular complexity index is 593. The van der Waals surface area contributed by atoms with E-state index in [9.17, 15) is 4.79 Å². The summed E-state index contributed by atoms with van der Waals surface area (Å²) < 4.78 is 6.01. The molecule has 0 aliphatic carbocycles. The Morgan fingerprint density at radius 1 is 1.50 bits per heavy atom. The molecule has 0 radical (unpaired) electrons. The molecule has 0 saturated heterocycles. The number of carbonyl (C=O) groups excluding carboxylic acids is 1. The van der Waals surface area contributed by atoms with Crippen LogP contribution in [0, 0.1) is 0 Å². The Kier molecular flexibility index (Phi) is 5.37. The van der Waals surface area contributed by atoms with Gasteiger partial charge in [-0.05, 0) is 12.5 Å². The summed E-state index contributed by atoms with van der Waals surface area (Å²) >= 11 is 7.62. The van der Waals surface area contributed by atoms with Crippen LogP contribution in [-0.4, -0.2) is 37.4 Å². The summed E-state index contributed by atoms with van der Waals surface area (Å²) in [4.78, 5) is 12.8. The maximum Gasteiger partial charge on any atom is 0.263 e. The van der Waals surface area contributed by atoms with Crippen molar-refractivity contribution in [1.82, 2.24) is 5.32 Å². The fourth-order valence-electron chi connectivity index (χ4n) is 1.97. The monoisotopic (exact) mass is 313 g/mol. The van der Waals surface area contributed by atoms with Crippen molar-refractivity contribution >= 4 is 38.9 Å². The van der Waals surface area contributed by atoms with Crippen LogP contribution in [-0.2, 0) is 4.74 Å². The van der Waals surface area contributed by atoms with E-state index in [0.717, 1.165) is 10.1 Å². The van der Waals surface area contributed by atoms with E-state index in [2.05, 4.69) is 5.32 Å². The summed E-state index contributed by atoms with van der Waals surface area (Å²) in [5.41, 5.74) is 0. The molecule has 2 aromatic rings. The molecule has 2 N–H and O–H groups in total. The molecule has 108 valence electrons. The van der Waals surface area contributed by atoms with Crippen molar-refractivity contribution in [3.8, 4) is 0 Å². The highest BCUT2D eigenvalue weighted by molar-refractivity contribution is 7.21. The molecule has 1 heterocycles. The van der Waals surface area contributed by atoms with Crippen LogP contribution in [0.25, 0.3) is 10.1 Å². The van der Waals surface area contributed by atoms with E-state index in [4.69, 9.17) is 21.4 Å². The predicted molar refractivity (Wildman–Crippen MR) is 81.7 cm³/mol. The van der Waals surface area contributed by atoms with E-state index in [1.807, 2.05) is 24.3 Å². The number of aliphatic hydroxyl groups excluding tert-OH is 1. The fourth-order valence-corrected chi connectivity index (χ4v) is 3.39. The second kappa shape index (κ2) is 7.04. The molecule has 4 nitrogen and oxygen atoms in total. The highest BCUT2D eigenvalue weighted by atomic mass is 35.5. The number of aliphatic hydroxyl groups is 1. The number of carbonyl (C=O) groups is 1. The van der Waals surface area contributed by atoms with E-state index in [1.165, 1.54) is 11.3 Å². The van der Waals surface area contributed by atoms with Crippen LogP contribution in [0.3, 0.4) is 0 Å². The van der Waals surface area contributed by atoms with Crippen LogP contribution < -0.4 is 5.32 Å². The molecule has 0 aliphatic rings. The quantitative estimate of drug-likeness (QED) is 0.862. The lowest BCUT2D eigenvalue weighted by Crippen LogP contribution is -2.38. The highest BCUT2D eigenvalue weighted by Crippen LogP contribution is 2.35. The van der Waals surface area contributed by atoms with Gasteiger partial charge in [0.1, 0.15) is 4.88 Å². The summed E-state index contributed by atoms with van der Waals surface area (Å²) in [6.45, 7) is 0.350. The number of halogens is 1. The largest absolute Gasteiger partial charge is 0.396 e. The van der Waals surface area contributed by atoms with Gasteiger partial charge in [0.25, 0.3) is 5.91 Å². The van der Waals surface area contributed by atoms with Gasteiger partial charge in [-0.2, -0.15) is 0 Å². The molecule has 0 bridgehead atoms. The number of hydrogen-bond donors (Lipinski definition) is 2. The summed E-state index contributed by atoms with van der Waals surface area (Å²) in [6.07, 6.45) is 0.447. The van der Waals surface area contributed by atoms with Crippen LogP contribution >= 0.6 is 22.9 Å². The van der Waals surface area contributed by atoms with Gasteiger partial charge in [-0.1, -0.05) is 29.8 Å². The van der Waals surface area contributed by atoms with Gasteiger partial charge in [-0.25, -0.2) is 0 Å². The molecule has 1 unspecified atom stereocenters. The number of benzene rings is 1. The first-order chi connectivity index (χ1) is 9.67. The van der Waals surface area contributed by atoms with Gasteiger partial charge in [0.05, 0.1) is 17.7 Å². The third-order valence-corrected chi connectivity index (χ3v) is 4.60. The molecule has 0 aliphatic heterocycles. The molecule has 1 atom stereocenters. The van der Waals surface area contributed by atoms with Crippen LogP contribution in [0.4, 0.5) is 0 Å². The second-order valence-electron chi connectivity index (χ2n) is 4.38. The molecule has 0 saturated carbocycles. The van der Waals surface area contributed by atoms with Crippen LogP contribution in [0.5, 0.6) is 0 Å². The Hall–Kier alpha value is -1.14. The molecule has 1 aromatic heterocycles. The summed E-state index contributed by atoms with van der Waals surface area (Å²) in [7, 11) is 1.56. The Morgan fingerprint density at radius 3 is 2.90 bits per heavy atom. The Balaban J connectivity index is 2.20. The van der Waals surface area contributed by atoms with Gasteiger partial charge in [-0.3, -0.25) is 4.79 Å². The van der Waals surface area contributed by atoms with Crippen molar-refractivity contribution in [1.29, 1.82) is 0 Å². The Labute approximate surface area is 126 Å². The number of rotatable bonds is 6. The molecule has 6 heteroatoms. The zero-order chi connectivity index (χ0) is 14.5. The Morgan fingerprint density at radius 2 is 2.25 bits per heavy atom. The van der Waals surface area contributed by atoms with E-state index in [0.29, 0.717) is 22.9 Å². The van der Waals surface area contributed by atoms with E-state index in [1.54, 1.807) is 7.11 Å². The lowest BCUT2D eigenvalue weighted by molar-refractivity contribution is 0.0883. The minimum Gasteiger partial charge on any atom is -0.396 e. The third kappa shape index (κ3) is 3.30. The smallest absolute Gasteiger partial charge is 0.263 e. The van der Waals surface area contributed by atoms with Crippen LogP contribution in [0.15, 0.2) is 24.3 Å². The van der Waals surface area contributed by atoms with E-state index >= 15 is 0 Å². The second-order valence-corrected chi connectivity index (χ2v) is 5.81. The number of methoxy groups -OCH3 is 1. The van der Waals surface area contributed by atoms with Crippen molar-refractivity contribution in [3.63, 3.8) is 0 Å². The molecular formula is C14H16ClNO3S. The van der Waals surface area contributed by atoms with Gasteiger partial charge in [-0.15, -0.1) is 11.3 Å². The SMILES string of the molecule is COCC(CCO)NC(=O)c1sc2ccccc2c1Cl. The van der Waals surface area contributed by atoms with Crippen molar-refractivity contribution in [2.75, 3.05) is 20.3 Å². The van der Waals surface area contributed by atoms with Gasteiger partial charge >= 0.3 is 0 Å². The standard InChI is InChI=1S/C14H16ClNO3S/c1-19-8-9(6-7-17)16-14(18)13-12(15)10-4-2-3-5-11(10)20-13/h2-5,9,17H,6-8H2,1H3,(H,16,18). The molecule has 1 amide bonds. The van der Waals surface area contributed by atoms with Crippen molar-refractivity contribution in [2.45, 2.75) is 12.5 Å². The molecule has 0 fully saturated rings. The molecule has 1 aromatic carbocycles. The zero-order valence-electron chi connectivity index (χ0n) is 11.1. The lowest BCUT2D eigenvalue weighted by atomic mass is 10.2. The third-order valence-electron chi connectivity index (χ3n) is 2.92. The van der Waals surface area contributed by atoms with E-state index in [-0.39, 0.29) is 18.6 Å². The zero-order valence-corrected chi connectivity index (χ0v) is 12.6. The van der Waals surface area contributed by atoms with Crippen LogP contribution in [0.1, 0.15) is 16.1 Å². The van der Waals surface area contributed by atoms with Gasteiger partial charge in [0.15, 0.2) is 0 Å². The fraction of sp³-hybridized carbons (Fsp3) is 0.357. The van der Waals surface area contributed by atoms with Crippen molar-refractivity contribution in [2.24, 2.45) is 0 Å². The number of thiophene rings is 1. The molecule has 20 heavy (non-hydrogen) atoms. The highest BCUT2D eigenvalue weighted by Gasteiger charge is 2.19. The maximum atomic E-state index is 12.3. The van der Waals surface area contributed by atoms with Crippen molar-refractivity contribution < 1.29 is 14.6 Å². The first-order valence-electron chi connectivity index (χ1n) is 6.25. The molecular weight excluding hydrogens is 298 g/mol. The first-order valence-corrected chi connectivity index (χ1v) is 7.44. The van der Waals surface area contributed by atoms with Gasteiger partial charge < -0.3 is 15.2 Å². The predicted octanol–water partition coefficient (Wildman–Crippen LogP) is 2.68. The normalized spacial score (nSPS) is 12.6. The van der Waals surface area contributed by atoms with Gasteiger partial charge in [0.2, 0.25) is 0 Å². The van der Waals surface area contributed by atoms with Crippen molar-refractivity contribution in [3.05, 3.63) is 34.2 Å². The maximum absolute atomic E-state index is 12.3. The topological polar surface area (TPSA) is 58.6 Å². The van der Waals surface area contributed by atoms with E-state index < -0.39 is 0 Å². The summed E-state index contributed by atoms with van der Waals surface area (Å²) in [5, 5.41) is 13.2. The molecule has 2 rings (SSSR count). The summed E-state index contributed by atoms with van der Waals surface area (Å²) in [5.74, 6) is -0.230. The number of fused-ring (bicyclic) bond motifs is 1. The number of hydrogen-bond acceptors (Lipinski definition) is 4. The number of nitrogens with one attached hydrogen (secondary N) is 1. The number of ether oxygens (including phenoxy) is 1. The average molecular weight is 314 g/mol. The average Bonchev–Trinajstić information content (AvgIpc) is 2.77. The molecule has 0 spiro atoms. The van der Waals surface area contributed by atoms with Crippen LogP contribution in [0.2, 0.25) is 5.02 Å². The summed E-state index contributed by atoms with van der Waals surface area (Å²) in [6, 6.07) is 7.41. The first kappa shape index (κ1) is 15.3. The van der Waals surface area contributed by atoms with Gasteiger partial charge in [0, 0.05) is 23.8 Å². The minimum atomic E-state index is -0.230.